The molecule has 1 unspecified atom stereocenters. The second-order valence-electron chi connectivity index (χ2n) is 10.6. The summed E-state index contributed by atoms with van der Waals surface area (Å²) in [6.07, 6.45) is -7.05. The second-order valence-corrected chi connectivity index (χ2v) is 10.6. The number of amides is 4. The Balaban J connectivity index is 2.19. The monoisotopic (exact) mass is 610 g/mol. The van der Waals surface area contributed by atoms with Gasteiger partial charge < -0.3 is 51.2 Å². The molecule has 8 N–H and O–H groups in total. The Kier molecular flexibility index (Phi) is 13.9. The Bertz CT molecular complexity index is 1100. The molecule has 1 saturated heterocycles. The van der Waals surface area contributed by atoms with E-state index >= 15 is 0 Å². The summed E-state index contributed by atoms with van der Waals surface area (Å²) in [4.78, 5) is 60.9. The molecular formula is C28H42N4O11. The number of benzene rings is 1. The Morgan fingerprint density at radius 3 is 2.23 bits per heavy atom. The minimum atomic E-state index is -1.48. The van der Waals surface area contributed by atoms with Crippen LogP contribution in [0.1, 0.15) is 46.1 Å². The summed E-state index contributed by atoms with van der Waals surface area (Å²) < 4.78 is 17.5. The van der Waals surface area contributed by atoms with Crippen molar-refractivity contribution in [2.24, 2.45) is 11.7 Å². The topological polar surface area (TPSA) is 236 Å². The fourth-order valence-corrected chi connectivity index (χ4v) is 4.43. The highest BCUT2D eigenvalue weighted by Crippen LogP contribution is 2.26. The molecule has 0 aromatic heterocycles. The van der Waals surface area contributed by atoms with E-state index in [0.29, 0.717) is 0 Å². The third-order valence-electron chi connectivity index (χ3n) is 6.76. The molecule has 0 saturated carbocycles. The fraction of sp³-hybridized carbons (Fsp3) is 0.607. The molecule has 240 valence electrons. The largest absolute Gasteiger partial charge is 0.481 e. The molecule has 1 aromatic rings. The molecule has 2 rings (SSSR count). The van der Waals surface area contributed by atoms with E-state index in [1.54, 1.807) is 13.8 Å². The molecule has 1 aliphatic rings. The number of aliphatic carboxylic acids is 1. The molecular weight excluding hydrogens is 568 g/mol. The van der Waals surface area contributed by atoms with Crippen LogP contribution in [-0.4, -0.2) is 100 Å². The minimum absolute atomic E-state index is 0.0720. The van der Waals surface area contributed by atoms with Crippen molar-refractivity contribution in [1.29, 1.82) is 0 Å². The number of nitrogens with two attached hydrogens (primary N) is 1. The summed E-state index contributed by atoms with van der Waals surface area (Å²) in [5, 5.41) is 37.2. The van der Waals surface area contributed by atoms with Crippen molar-refractivity contribution in [3.05, 3.63) is 35.9 Å². The Morgan fingerprint density at radius 2 is 1.70 bits per heavy atom. The van der Waals surface area contributed by atoms with E-state index in [-0.39, 0.29) is 13.0 Å². The number of aliphatic hydroxyl groups is 2. The van der Waals surface area contributed by atoms with E-state index in [4.69, 9.17) is 25.1 Å². The lowest BCUT2D eigenvalue weighted by atomic mass is 9.96. The molecule has 1 aromatic carbocycles. The summed E-state index contributed by atoms with van der Waals surface area (Å²) in [6, 6.07) is 5.56. The minimum Gasteiger partial charge on any atom is -0.481 e. The lowest BCUT2D eigenvalue weighted by Gasteiger charge is -2.44. The highest BCUT2D eigenvalue weighted by molar-refractivity contribution is 5.92. The van der Waals surface area contributed by atoms with Crippen LogP contribution in [0.2, 0.25) is 0 Å². The molecule has 8 atom stereocenters. The molecule has 0 bridgehead atoms. The van der Waals surface area contributed by atoms with Crippen molar-refractivity contribution in [2.75, 3.05) is 6.61 Å². The number of carboxylic acids is 1. The third kappa shape index (κ3) is 10.9. The number of carbonyl (C=O) groups is 5. The number of ether oxygens (including phenoxy) is 3. The Hall–Kier alpha value is -3.63. The summed E-state index contributed by atoms with van der Waals surface area (Å²) in [7, 11) is 0. The number of hydrogen-bond acceptors (Lipinski definition) is 10. The van der Waals surface area contributed by atoms with Crippen LogP contribution >= 0.6 is 0 Å². The van der Waals surface area contributed by atoms with E-state index in [9.17, 15) is 34.2 Å². The van der Waals surface area contributed by atoms with Gasteiger partial charge >= 0.3 is 5.97 Å². The highest BCUT2D eigenvalue weighted by atomic mass is 16.7. The zero-order chi connectivity index (χ0) is 32.3. The molecule has 0 spiro atoms. The smallest absolute Gasteiger partial charge is 0.303 e. The number of nitrogens with one attached hydrogen (secondary N) is 3. The second kappa shape index (κ2) is 16.9. The van der Waals surface area contributed by atoms with Crippen LogP contribution in [0.25, 0.3) is 0 Å². The highest BCUT2D eigenvalue weighted by Gasteiger charge is 2.48. The number of aliphatic hydroxyl groups excluding tert-OH is 2. The lowest BCUT2D eigenvalue weighted by Crippen LogP contribution is -2.66. The van der Waals surface area contributed by atoms with Gasteiger partial charge in [0.25, 0.3) is 0 Å². The van der Waals surface area contributed by atoms with Gasteiger partial charge in [0.2, 0.25) is 23.6 Å². The van der Waals surface area contributed by atoms with Gasteiger partial charge in [0.15, 0.2) is 6.29 Å². The van der Waals surface area contributed by atoms with Crippen LogP contribution in [0.5, 0.6) is 0 Å². The number of carbonyl (C=O) groups excluding carboxylic acids is 4. The molecule has 0 radical (unpaired) electrons. The van der Waals surface area contributed by atoms with Gasteiger partial charge in [-0.3, -0.25) is 24.0 Å². The lowest BCUT2D eigenvalue weighted by molar-refractivity contribution is -0.283. The van der Waals surface area contributed by atoms with Crippen molar-refractivity contribution >= 4 is 29.6 Å². The number of primary amides is 1. The van der Waals surface area contributed by atoms with Gasteiger partial charge in [-0.05, 0) is 24.8 Å². The van der Waals surface area contributed by atoms with Gasteiger partial charge in [-0.1, -0.05) is 44.2 Å². The SMILES string of the molecule is CC(=O)N[C@H]1[C@@H](OCc2ccccc2)O[C@H](CO)[C@@H](O)[C@@H]1OC(C)C(=O)N[C@H](C(=O)N[C@H](CCC(=O)O)C(N)=O)C(C)C. The van der Waals surface area contributed by atoms with Gasteiger partial charge in [0, 0.05) is 13.3 Å². The predicted molar refractivity (Wildman–Crippen MR) is 150 cm³/mol. The first-order valence-corrected chi connectivity index (χ1v) is 13.9. The first-order chi connectivity index (χ1) is 20.2. The third-order valence-corrected chi connectivity index (χ3v) is 6.76. The molecule has 15 nitrogen and oxygen atoms in total. The average Bonchev–Trinajstić information content (AvgIpc) is 2.94. The van der Waals surface area contributed by atoms with Crippen LogP contribution in [0, 0.1) is 5.92 Å². The van der Waals surface area contributed by atoms with Crippen LogP contribution in [-0.2, 0) is 44.8 Å². The van der Waals surface area contributed by atoms with Crippen molar-refractivity contribution in [2.45, 2.75) is 96.0 Å². The molecule has 1 heterocycles. The number of hydrogen-bond donors (Lipinski definition) is 7. The van der Waals surface area contributed by atoms with Crippen molar-refractivity contribution in [3.8, 4) is 0 Å². The van der Waals surface area contributed by atoms with Crippen molar-refractivity contribution in [3.63, 3.8) is 0 Å². The first kappa shape index (κ1) is 35.6. The molecule has 15 heteroatoms. The Labute approximate surface area is 249 Å². The molecule has 0 aliphatic carbocycles. The van der Waals surface area contributed by atoms with Crippen molar-refractivity contribution in [1.82, 2.24) is 16.0 Å². The maximum Gasteiger partial charge on any atom is 0.303 e. The van der Waals surface area contributed by atoms with E-state index in [1.165, 1.54) is 13.8 Å². The summed E-state index contributed by atoms with van der Waals surface area (Å²) in [5.41, 5.74) is 6.10. The normalized spacial score (nSPS) is 23.9. The van der Waals surface area contributed by atoms with Crippen LogP contribution in [0.15, 0.2) is 30.3 Å². The molecule has 1 fully saturated rings. The summed E-state index contributed by atoms with van der Waals surface area (Å²) in [5.74, 6) is -4.60. The van der Waals surface area contributed by atoms with Gasteiger partial charge in [-0.2, -0.15) is 0 Å². The van der Waals surface area contributed by atoms with Gasteiger partial charge in [-0.25, -0.2) is 0 Å². The molecule has 1 aliphatic heterocycles. The van der Waals surface area contributed by atoms with E-state index < -0.39 is 97.4 Å². The fourth-order valence-electron chi connectivity index (χ4n) is 4.43. The summed E-state index contributed by atoms with van der Waals surface area (Å²) in [6.45, 7) is 5.35. The van der Waals surface area contributed by atoms with Crippen LogP contribution in [0.4, 0.5) is 0 Å². The first-order valence-electron chi connectivity index (χ1n) is 13.9. The van der Waals surface area contributed by atoms with Crippen molar-refractivity contribution < 1.29 is 53.5 Å². The van der Waals surface area contributed by atoms with Crippen LogP contribution < -0.4 is 21.7 Å². The van der Waals surface area contributed by atoms with Gasteiger partial charge in [-0.15, -0.1) is 0 Å². The zero-order valence-corrected chi connectivity index (χ0v) is 24.6. The quantitative estimate of drug-likeness (QED) is 0.114. The predicted octanol–water partition coefficient (Wildman–Crippen LogP) is -1.46. The van der Waals surface area contributed by atoms with E-state index in [2.05, 4.69) is 16.0 Å². The zero-order valence-electron chi connectivity index (χ0n) is 24.6. The van der Waals surface area contributed by atoms with Gasteiger partial charge in [0.1, 0.15) is 42.5 Å². The average molecular weight is 611 g/mol. The maximum absolute atomic E-state index is 13.2. The summed E-state index contributed by atoms with van der Waals surface area (Å²) >= 11 is 0. The van der Waals surface area contributed by atoms with Gasteiger partial charge in [0.05, 0.1) is 13.2 Å². The maximum atomic E-state index is 13.2. The van der Waals surface area contributed by atoms with E-state index in [1.807, 2.05) is 30.3 Å². The number of carboxylic acid groups (broad SMARTS) is 1. The molecule has 4 amide bonds. The molecule has 43 heavy (non-hydrogen) atoms. The number of rotatable bonds is 16. The Morgan fingerprint density at radius 1 is 1.05 bits per heavy atom. The van der Waals surface area contributed by atoms with E-state index in [0.717, 1.165) is 5.56 Å². The standard InChI is InChI=1S/C28H42N4O11/c1-14(2)21(27(40)31-18(25(29)38)10-11-20(35)36)32-26(39)15(3)42-24-22(30-16(4)34)28(43-19(12-33)23(24)37)41-13-17-8-6-5-7-9-17/h5-9,14-15,18-19,21-24,28,33,37H,10-13H2,1-4H3,(H2,29,38)(H,30,34)(H,31,40)(H,32,39)(H,35,36)/t15?,18-,19-,21+,22-,23-,24-,28+/m1/s1. The van der Waals surface area contributed by atoms with Crippen LogP contribution in [0.3, 0.4) is 0 Å².